The quantitative estimate of drug-likeness (QED) is 0.862. The van der Waals surface area contributed by atoms with Crippen LogP contribution in [0.3, 0.4) is 0 Å². The number of hydrogen-bond donors (Lipinski definition) is 1. The Labute approximate surface area is 127 Å². The Morgan fingerprint density at radius 1 is 1.05 bits per heavy atom. The van der Waals surface area contributed by atoms with Crippen LogP contribution in [0.2, 0.25) is 0 Å². The predicted octanol–water partition coefficient (Wildman–Crippen LogP) is 2.97. The topological polar surface area (TPSA) is 89.4 Å². The minimum atomic E-state index is -0.538. The zero-order chi connectivity index (χ0) is 15.6. The van der Waals surface area contributed by atoms with Crippen molar-refractivity contribution in [2.75, 3.05) is 0 Å². The van der Waals surface area contributed by atoms with Gasteiger partial charge in [-0.3, -0.25) is 4.79 Å². The molecular formula is C16H14N4O2. The van der Waals surface area contributed by atoms with E-state index in [1.165, 1.54) is 6.21 Å². The Morgan fingerprint density at radius 2 is 1.82 bits per heavy atom. The molecule has 1 aromatic carbocycles. The summed E-state index contributed by atoms with van der Waals surface area (Å²) >= 11 is 0. The molecule has 1 aliphatic heterocycles. The van der Waals surface area contributed by atoms with Crippen molar-refractivity contribution in [2.45, 2.75) is 0 Å². The van der Waals surface area contributed by atoms with E-state index in [4.69, 9.17) is 10.6 Å². The Balaban J connectivity index is 2.44. The third kappa shape index (κ3) is 4.68. The molecule has 2 N–H and O–H groups in total. The summed E-state index contributed by atoms with van der Waals surface area (Å²) in [6.07, 6.45) is 13.4. The average Bonchev–Trinajstić information content (AvgIpc) is 2.52. The largest absolute Gasteiger partial charge is 0.366 e. The maximum absolute atomic E-state index is 11.5. The van der Waals surface area contributed by atoms with E-state index in [1.54, 1.807) is 60.7 Å². The van der Waals surface area contributed by atoms with Gasteiger partial charge >= 0.3 is 0 Å². The van der Waals surface area contributed by atoms with Crippen molar-refractivity contribution in [1.29, 1.82) is 0 Å². The number of fused-ring (bicyclic) bond motifs is 1. The van der Waals surface area contributed by atoms with Crippen LogP contribution in [0.5, 0.6) is 5.75 Å². The molecule has 1 aliphatic rings. The van der Waals surface area contributed by atoms with E-state index in [-0.39, 0.29) is 0 Å². The number of benzene rings is 1. The Kier molecular flexibility index (Phi) is 5.57. The molecule has 0 aliphatic carbocycles. The molecule has 0 spiro atoms. The standard InChI is InChI=1S/C16H14N4O2/c17-16(21)14-9-4-2-1-3-7-11-18-19-20-22-15-10-6-5-8-13(15)12-14/h1-12H,(H2,17,21)/b2-1-,7-3-,9-4-,14-12+,18-11+,20-19-. The van der Waals surface area contributed by atoms with Crippen molar-refractivity contribution in [3.8, 4) is 5.75 Å². The second-order valence-corrected chi connectivity index (χ2v) is 4.16. The molecule has 1 heterocycles. The van der Waals surface area contributed by atoms with Crippen LogP contribution in [-0.4, -0.2) is 12.1 Å². The van der Waals surface area contributed by atoms with Gasteiger partial charge in [-0.25, -0.2) is 0 Å². The third-order valence-electron chi connectivity index (χ3n) is 2.61. The second kappa shape index (κ2) is 8.11. The van der Waals surface area contributed by atoms with Crippen LogP contribution in [0.25, 0.3) is 6.08 Å². The Morgan fingerprint density at radius 3 is 2.68 bits per heavy atom. The fourth-order valence-electron chi connectivity index (χ4n) is 1.60. The number of primary amides is 1. The first-order valence-corrected chi connectivity index (χ1v) is 6.48. The van der Waals surface area contributed by atoms with Crippen LogP contribution in [0.1, 0.15) is 5.56 Å². The molecule has 0 unspecified atom stereocenters. The second-order valence-electron chi connectivity index (χ2n) is 4.16. The molecule has 110 valence electrons. The van der Waals surface area contributed by atoms with Gasteiger partial charge in [0.2, 0.25) is 5.91 Å². The van der Waals surface area contributed by atoms with Crippen molar-refractivity contribution in [3.05, 3.63) is 71.9 Å². The number of amides is 1. The molecule has 0 atom stereocenters. The number of rotatable bonds is 1. The summed E-state index contributed by atoms with van der Waals surface area (Å²) in [5.41, 5.74) is 6.38. The van der Waals surface area contributed by atoms with E-state index >= 15 is 0 Å². The van der Waals surface area contributed by atoms with E-state index in [2.05, 4.69) is 15.6 Å². The van der Waals surface area contributed by atoms with Gasteiger partial charge in [-0.05, 0) is 29.5 Å². The highest BCUT2D eigenvalue weighted by Crippen LogP contribution is 2.21. The lowest BCUT2D eigenvalue weighted by atomic mass is 10.1. The van der Waals surface area contributed by atoms with Gasteiger partial charge in [-0.1, -0.05) is 42.5 Å². The van der Waals surface area contributed by atoms with Crippen molar-refractivity contribution >= 4 is 18.2 Å². The lowest BCUT2D eigenvalue weighted by molar-refractivity contribution is -0.114. The first-order chi connectivity index (χ1) is 10.8. The van der Waals surface area contributed by atoms with Crippen molar-refractivity contribution in [2.24, 2.45) is 21.3 Å². The fraction of sp³-hybridized carbons (Fsp3) is 0. The molecule has 0 radical (unpaired) electrons. The molecule has 0 aromatic heterocycles. The number of para-hydroxylation sites is 1. The maximum atomic E-state index is 11.5. The number of allylic oxidation sites excluding steroid dienone is 5. The van der Waals surface area contributed by atoms with E-state index in [9.17, 15) is 4.79 Å². The molecule has 0 saturated carbocycles. The number of carbonyl (C=O) groups is 1. The molecule has 6 nitrogen and oxygen atoms in total. The number of carbonyl (C=O) groups excluding carboxylic acids is 1. The van der Waals surface area contributed by atoms with Crippen molar-refractivity contribution < 1.29 is 9.63 Å². The first-order valence-electron chi connectivity index (χ1n) is 6.48. The summed E-state index contributed by atoms with van der Waals surface area (Å²) in [6.45, 7) is 0. The summed E-state index contributed by atoms with van der Waals surface area (Å²) in [7, 11) is 0. The van der Waals surface area contributed by atoms with Crippen molar-refractivity contribution in [3.63, 3.8) is 0 Å². The molecule has 0 saturated heterocycles. The Hall–Kier alpha value is -3.28. The fourth-order valence-corrected chi connectivity index (χ4v) is 1.60. The summed E-state index contributed by atoms with van der Waals surface area (Å²) in [4.78, 5) is 16.7. The number of nitrogens with zero attached hydrogens (tertiary/aromatic N) is 3. The Bertz CT molecular complexity index is 713. The van der Waals surface area contributed by atoms with E-state index in [0.717, 1.165) is 0 Å². The first kappa shape index (κ1) is 15.1. The van der Waals surface area contributed by atoms with Crippen LogP contribution in [0.15, 0.2) is 81.9 Å². The zero-order valence-corrected chi connectivity index (χ0v) is 11.7. The lowest BCUT2D eigenvalue weighted by Gasteiger charge is -2.03. The molecular weight excluding hydrogens is 280 g/mol. The van der Waals surface area contributed by atoms with Gasteiger partial charge in [0, 0.05) is 11.1 Å². The zero-order valence-electron chi connectivity index (χ0n) is 11.7. The van der Waals surface area contributed by atoms with Gasteiger partial charge in [0.05, 0.1) is 11.5 Å². The van der Waals surface area contributed by atoms with Gasteiger partial charge in [0.1, 0.15) is 0 Å². The van der Waals surface area contributed by atoms with Crippen molar-refractivity contribution in [1.82, 2.24) is 0 Å². The normalized spacial score (nSPS) is 24.1. The van der Waals surface area contributed by atoms with Gasteiger partial charge in [-0.15, -0.1) is 5.10 Å². The van der Waals surface area contributed by atoms with Crippen LogP contribution in [0.4, 0.5) is 0 Å². The third-order valence-corrected chi connectivity index (χ3v) is 2.61. The smallest absolute Gasteiger partial charge is 0.248 e. The molecule has 2 rings (SSSR count). The monoisotopic (exact) mass is 294 g/mol. The van der Waals surface area contributed by atoms with E-state index in [0.29, 0.717) is 16.9 Å². The van der Waals surface area contributed by atoms with Gasteiger partial charge in [-0.2, -0.15) is 0 Å². The highest BCUT2D eigenvalue weighted by molar-refractivity contribution is 5.99. The van der Waals surface area contributed by atoms with Gasteiger partial charge in [0.15, 0.2) is 5.75 Å². The summed E-state index contributed by atoms with van der Waals surface area (Å²) < 4.78 is 0. The predicted molar refractivity (Wildman–Crippen MR) is 85.0 cm³/mol. The van der Waals surface area contributed by atoms with Gasteiger partial charge in [0.25, 0.3) is 0 Å². The highest BCUT2D eigenvalue weighted by Gasteiger charge is 2.05. The molecule has 1 amide bonds. The van der Waals surface area contributed by atoms with Gasteiger partial charge < -0.3 is 10.6 Å². The van der Waals surface area contributed by atoms with Crippen LogP contribution in [-0.2, 0) is 4.79 Å². The van der Waals surface area contributed by atoms with Crippen LogP contribution in [0, 0.1) is 0 Å². The maximum Gasteiger partial charge on any atom is 0.248 e. The molecule has 1 aromatic rings. The molecule has 6 heteroatoms. The lowest BCUT2D eigenvalue weighted by Crippen LogP contribution is -2.12. The van der Waals surface area contributed by atoms with Crippen LogP contribution >= 0.6 is 0 Å². The average molecular weight is 294 g/mol. The van der Waals surface area contributed by atoms with E-state index < -0.39 is 5.91 Å². The molecule has 0 bridgehead atoms. The minimum Gasteiger partial charge on any atom is -0.366 e. The van der Waals surface area contributed by atoms with Crippen LogP contribution < -0.4 is 10.6 Å². The van der Waals surface area contributed by atoms with E-state index in [1.807, 2.05) is 6.07 Å². The SMILES string of the molecule is NC(=O)C1=C/c2ccccc2O\N=N/N=C/C=C\C=C/C=C\1. The minimum absolute atomic E-state index is 0.341. The summed E-state index contributed by atoms with van der Waals surface area (Å²) in [6, 6.07) is 7.08. The summed E-state index contributed by atoms with van der Waals surface area (Å²) in [5, 5.41) is 10.7. The number of nitrogens with two attached hydrogens (primary N) is 1. The highest BCUT2D eigenvalue weighted by atomic mass is 16.6. The number of hydrogen-bond acceptors (Lipinski definition) is 5. The summed E-state index contributed by atoms with van der Waals surface area (Å²) in [5.74, 6) is -0.0983. The molecule has 22 heavy (non-hydrogen) atoms. The molecule has 0 fully saturated rings.